The second-order valence-electron chi connectivity index (χ2n) is 6.23. The quantitative estimate of drug-likeness (QED) is 0.508. The van der Waals surface area contributed by atoms with Gasteiger partial charge in [0.1, 0.15) is 5.75 Å². The van der Waals surface area contributed by atoms with Crippen molar-refractivity contribution in [3.8, 4) is 5.75 Å². The maximum Gasteiger partial charge on any atom is 0.329 e. The third-order valence-corrected chi connectivity index (χ3v) is 4.37. The molecule has 27 heavy (non-hydrogen) atoms. The molecule has 0 fully saturated rings. The predicted octanol–water partition coefficient (Wildman–Crippen LogP) is 4.77. The lowest BCUT2D eigenvalue weighted by atomic mass is 10.1. The highest BCUT2D eigenvalue weighted by Gasteiger charge is 2.17. The Kier molecular flexibility index (Phi) is 5.61. The van der Waals surface area contributed by atoms with E-state index in [1.54, 1.807) is 17.0 Å². The lowest BCUT2D eigenvalue weighted by Gasteiger charge is -2.23. The van der Waals surface area contributed by atoms with Crippen molar-refractivity contribution in [3.05, 3.63) is 83.9 Å². The van der Waals surface area contributed by atoms with Crippen LogP contribution in [0.5, 0.6) is 5.75 Å². The maximum absolute atomic E-state index is 12.9. The highest BCUT2D eigenvalue weighted by atomic mass is 16.5. The lowest BCUT2D eigenvalue weighted by Crippen LogP contribution is -2.38. The first-order chi connectivity index (χ1) is 13.1. The number of nitrogens with two attached hydrogens (primary N) is 1. The number of anilines is 3. The summed E-state index contributed by atoms with van der Waals surface area (Å²) >= 11 is 0. The Bertz CT molecular complexity index is 909. The van der Waals surface area contributed by atoms with E-state index in [0.717, 1.165) is 28.3 Å². The summed E-state index contributed by atoms with van der Waals surface area (Å²) in [6, 6.07) is 22.2. The zero-order valence-electron chi connectivity index (χ0n) is 15.5. The second kappa shape index (κ2) is 8.27. The van der Waals surface area contributed by atoms with Gasteiger partial charge in [0.15, 0.2) is 6.73 Å². The number of nitrogens with one attached hydrogen (secondary N) is 1. The third kappa shape index (κ3) is 4.39. The molecule has 0 atom stereocenters. The summed E-state index contributed by atoms with van der Waals surface area (Å²) in [6.07, 6.45) is 0. The van der Waals surface area contributed by atoms with Crippen molar-refractivity contribution >= 4 is 23.1 Å². The number of nitrogens with zero attached hydrogens (tertiary/aromatic N) is 1. The molecule has 0 bridgehead atoms. The zero-order valence-corrected chi connectivity index (χ0v) is 15.5. The summed E-state index contributed by atoms with van der Waals surface area (Å²) < 4.78 is 5.75. The minimum Gasteiger partial charge on any atom is -0.473 e. The summed E-state index contributed by atoms with van der Waals surface area (Å²) in [6.45, 7) is 4.09. The molecule has 3 aromatic rings. The van der Waals surface area contributed by atoms with Crippen LogP contribution in [0.4, 0.5) is 21.9 Å². The Balaban J connectivity index is 1.75. The van der Waals surface area contributed by atoms with Crippen molar-refractivity contribution in [3.63, 3.8) is 0 Å². The van der Waals surface area contributed by atoms with Crippen molar-refractivity contribution in [2.75, 3.05) is 17.4 Å². The minimum absolute atomic E-state index is 0.0709. The van der Waals surface area contributed by atoms with Crippen LogP contribution in [0.25, 0.3) is 0 Å². The van der Waals surface area contributed by atoms with Gasteiger partial charge in [-0.3, -0.25) is 4.90 Å². The van der Waals surface area contributed by atoms with E-state index in [1.807, 2.05) is 74.5 Å². The summed E-state index contributed by atoms with van der Waals surface area (Å²) in [5, 5.41) is 2.82. The number of hydrogen-bond acceptors (Lipinski definition) is 3. The highest BCUT2D eigenvalue weighted by molar-refractivity contribution is 5.99. The molecule has 138 valence electrons. The molecular weight excluding hydrogens is 338 g/mol. The standard InChI is InChI=1S/C22H23N3O2/c1-16-7-6-10-21(17(16)2)27-15-24-22(26)25(19-8-4-3-5-9-19)20-13-11-18(23)12-14-20/h3-14H,15,23H2,1-2H3,(H,24,26). The number of hydrogen-bond donors (Lipinski definition) is 2. The number of aryl methyl sites for hydroxylation is 1. The van der Waals surface area contributed by atoms with E-state index in [0.29, 0.717) is 5.69 Å². The van der Waals surface area contributed by atoms with Crippen molar-refractivity contribution in [1.82, 2.24) is 5.32 Å². The highest BCUT2D eigenvalue weighted by Crippen LogP contribution is 2.26. The van der Waals surface area contributed by atoms with Crippen LogP contribution in [0.3, 0.4) is 0 Å². The Morgan fingerprint density at radius 3 is 2.30 bits per heavy atom. The van der Waals surface area contributed by atoms with Gasteiger partial charge in [-0.05, 0) is 67.4 Å². The van der Waals surface area contributed by atoms with Crippen LogP contribution >= 0.6 is 0 Å². The topological polar surface area (TPSA) is 67.6 Å². The molecule has 0 aliphatic heterocycles. The molecule has 0 aromatic heterocycles. The average Bonchev–Trinajstić information content (AvgIpc) is 2.68. The van der Waals surface area contributed by atoms with Gasteiger partial charge in [0, 0.05) is 5.69 Å². The fourth-order valence-electron chi connectivity index (χ4n) is 2.72. The van der Waals surface area contributed by atoms with Crippen LogP contribution in [0.1, 0.15) is 11.1 Å². The van der Waals surface area contributed by atoms with Crippen LogP contribution in [0.15, 0.2) is 72.8 Å². The van der Waals surface area contributed by atoms with Crippen LogP contribution in [-0.2, 0) is 0 Å². The van der Waals surface area contributed by atoms with E-state index in [2.05, 4.69) is 5.32 Å². The predicted molar refractivity (Wildman–Crippen MR) is 109 cm³/mol. The summed E-state index contributed by atoms with van der Waals surface area (Å²) in [5.74, 6) is 0.758. The van der Waals surface area contributed by atoms with E-state index < -0.39 is 0 Å². The zero-order chi connectivity index (χ0) is 19.2. The van der Waals surface area contributed by atoms with E-state index >= 15 is 0 Å². The molecule has 5 nitrogen and oxygen atoms in total. The largest absolute Gasteiger partial charge is 0.473 e. The van der Waals surface area contributed by atoms with Crippen molar-refractivity contribution < 1.29 is 9.53 Å². The molecule has 0 spiro atoms. The van der Waals surface area contributed by atoms with Crippen LogP contribution in [0.2, 0.25) is 0 Å². The molecule has 2 amide bonds. The fourth-order valence-corrected chi connectivity index (χ4v) is 2.72. The molecule has 0 aliphatic carbocycles. The molecule has 3 rings (SSSR count). The van der Waals surface area contributed by atoms with Gasteiger partial charge in [-0.2, -0.15) is 0 Å². The Morgan fingerprint density at radius 1 is 0.926 bits per heavy atom. The van der Waals surface area contributed by atoms with Gasteiger partial charge in [-0.1, -0.05) is 30.3 Å². The Hall–Kier alpha value is -3.47. The summed E-state index contributed by atoms with van der Waals surface area (Å²) in [7, 11) is 0. The van der Waals surface area contributed by atoms with Crippen molar-refractivity contribution in [2.24, 2.45) is 0 Å². The van der Waals surface area contributed by atoms with Gasteiger partial charge < -0.3 is 15.8 Å². The van der Waals surface area contributed by atoms with E-state index in [1.165, 1.54) is 0 Å². The van der Waals surface area contributed by atoms with E-state index in [-0.39, 0.29) is 12.8 Å². The second-order valence-corrected chi connectivity index (χ2v) is 6.23. The molecular formula is C22H23N3O2. The molecule has 3 aromatic carbocycles. The Morgan fingerprint density at radius 2 is 1.59 bits per heavy atom. The minimum atomic E-state index is -0.281. The number of ether oxygens (including phenoxy) is 1. The molecule has 0 saturated heterocycles. The number of carbonyl (C=O) groups excluding carboxylic acids is 1. The number of nitrogen functional groups attached to an aromatic ring is 1. The first kappa shape index (κ1) is 18.3. The first-order valence-corrected chi connectivity index (χ1v) is 8.74. The number of amides is 2. The molecule has 0 saturated carbocycles. The normalized spacial score (nSPS) is 10.3. The van der Waals surface area contributed by atoms with E-state index in [4.69, 9.17) is 10.5 Å². The monoisotopic (exact) mass is 361 g/mol. The number of carbonyl (C=O) groups is 1. The van der Waals surface area contributed by atoms with Crippen LogP contribution < -0.4 is 20.7 Å². The van der Waals surface area contributed by atoms with E-state index in [9.17, 15) is 4.79 Å². The molecule has 5 heteroatoms. The number of para-hydroxylation sites is 1. The molecule has 3 N–H and O–H groups in total. The van der Waals surface area contributed by atoms with Gasteiger partial charge in [0.05, 0.1) is 11.4 Å². The lowest BCUT2D eigenvalue weighted by molar-refractivity contribution is 0.231. The van der Waals surface area contributed by atoms with Gasteiger partial charge in [-0.25, -0.2) is 4.79 Å². The molecule has 0 heterocycles. The van der Waals surface area contributed by atoms with Crippen molar-refractivity contribution in [1.29, 1.82) is 0 Å². The van der Waals surface area contributed by atoms with Gasteiger partial charge >= 0.3 is 6.03 Å². The van der Waals surface area contributed by atoms with Gasteiger partial charge in [-0.15, -0.1) is 0 Å². The third-order valence-electron chi connectivity index (χ3n) is 4.37. The SMILES string of the molecule is Cc1cccc(OCNC(=O)N(c2ccccc2)c2ccc(N)cc2)c1C. The van der Waals surface area contributed by atoms with Crippen molar-refractivity contribution in [2.45, 2.75) is 13.8 Å². The average molecular weight is 361 g/mol. The van der Waals surface area contributed by atoms with Crippen LogP contribution in [-0.4, -0.2) is 12.8 Å². The molecule has 0 aliphatic rings. The summed E-state index contributed by atoms with van der Waals surface area (Å²) in [4.78, 5) is 14.5. The number of urea groups is 1. The molecule has 0 radical (unpaired) electrons. The van der Waals surface area contributed by atoms with Gasteiger partial charge in [0.25, 0.3) is 0 Å². The smallest absolute Gasteiger partial charge is 0.329 e. The van der Waals surface area contributed by atoms with Crippen LogP contribution in [0, 0.1) is 13.8 Å². The number of benzene rings is 3. The summed E-state index contributed by atoms with van der Waals surface area (Å²) in [5.41, 5.74) is 10.1. The fraction of sp³-hybridized carbons (Fsp3) is 0.136. The number of rotatable bonds is 5. The molecule has 0 unspecified atom stereocenters. The maximum atomic E-state index is 12.9. The Labute approximate surface area is 159 Å². The van der Waals surface area contributed by atoms with Gasteiger partial charge in [0.2, 0.25) is 0 Å². The first-order valence-electron chi connectivity index (χ1n) is 8.74.